The molecule has 2 aromatic carbocycles. The minimum absolute atomic E-state index is 0.178. The lowest BCUT2D eigenvalue weighted by Crippen LogP contribution is -2.44. The van der Waals surface area contributed by atoms with Crippen molar-refractivity contribution in [2.24, 2.45) is 0 Å². The monoisotopic (exact) mass is 370 g/mol. The van der Waals surface area contributed by atoms with Crippen LogP contribution in [0.15, 0.2) is 48.5 Å². The molecule has 0 aliphatic carbocycles. The smallest absolute Gasteiger partial charge is 0.123 e. The van der Waals surface area contributed by atoms with Crippen LogP contribution in [0, 0.1) is 5.82 Å². The van der Waals surface area contributed by atoms with Crippen molar-refractivity contribution in [3.05, 3.63) is 65.5 Å². The van der Waals surface area contributed by atoms with Crippen LogP contribution in [-0.2, 0) is 6.42 Å². The molecule has 1 atom stereocenters. The maximum atomic E-state index is 11.9. The van der Waals surface area contributed by atoms with Crippen molar-refractivity contribution in [3.63, 3.8) is 0 Å². The number of hydrogen-bond donors (Lipinski definition) is 1. The molecule has 0 bridgehead atoms. The Labute approximate surface area is 162 Å². The van der Waals surface area contributed by atoms with Gasteiger partial charge < -0.3 is 14.9 Å². The predicted octanol–water partition coefficient (Wildman–Crippen LogP) is 4.41. The van der Waals surface area contributed by atoms with E-state index in [9.17, 15) is 9.50 Å². The van der Waals surface area contributed by atoms with Crippen molar-refractivity contribution in [2.45, 2.75) is 45.3 Å². The van der Waals surface area contributed by atoms with Crippen molar-refractivity contribution in [1.29, 1.82) is 0 Å². The minimum atomic E-state index is -0.371. The van der Waals surface area contributed by atoms with E-state index in [1.165, 1.54) is 55.9 Å². The highest BCUT2D eigenvalue weighted by atomic mass is 19.1. The van der Waals surface area contributed by atoms with E-state index in [1.807, 2.05) is 6.92 Å². The fourth-order valence-corrected chi connectivity index (χ4v) is 4.02. The molecule has 27 heavy (non-hydrogen) atoms. The van der Waals surface area contributed by atoms with E-state index in [1.54, 1.807) is 18.2 Å². The van der Waals surface area contributed by atoms with Crippen molar-refractivity contribution < 1.29 is 9.50 Å². The van der Waals surface area contributed by atoms with Gasteiger partial charge in [0.2, 0.25) is 0 Å². The van der Waals surface area contributed by atoms with E-state index in [-0.39, 0.29) is 11.9 Å². The number of likely N-dealkylation sites (tertiary alicyclic amines) is 1. The Morgan fingerprint density at radius 3 is 2.33 bits per heavy atom. The van der Waals surface area contributed by atoms with Gasteiger partial charge in [0.1, 0.15) is 5.82 Å². The molecule has 2 aliphatic rings. The van der Waals surface area contributed by atoms with Crippen LogP contribution >= 0.6 is 0 Å². The number of benzene rings is 2. The van der Waals surface area contributed by atoms with Gasteiger partial charge in [0.05, 0.1) is 6.10 Å². The molecule has 4 rings (SSSR count). The zero-order chi connectivity index (χ0) is 19.2. The molecular formula is C23H31FN2O. The van der Waals surface area contributed by atoms with Crippen LogP contribution in [0.5, 0.6) is 0 Å². The van der Waals surface area contributed by atoms with Crippen LogP contribution in [-0.4, -0.2) is 42.2 Å². The molecule has 2 aromatic rings. The minimum Gasteiger partial charge on any atom is -0.389 e. The molecule has 0 radical (unpaired) electrons. The second-order valence-electron chi connectivity index (χ2n) is 7.47. The third-order valence-corrected chi connectivity index (χ3v) is 5.70. The summed E-state index contributed by atoms with van der Waals surface area (Å²) in [7, 11) is 0. The third kappa shape index (κ3) is 5.08. The Bertz CT molecular complexity index is 712. The first-order chi connectivity index (χ1) is 13.1. The first-order valence-electron chi connectivity index (χ1n) is 10.1. The summed E-state index contributed by atoms with van der Waals surface area (Å²) in [4.78, 5) is 5.13. The number of hydrogen-bond acceptors (Lipinski definition) is 3. The lowest BCUT2D eigenvalue weighted by Gasteiger charge is -2.37. The van der Waals surface area contributed by atoms with Crippen LogP contribution in [0.2, 0.25) is 0 Å². The average molecular weight is 371 g/mol. The summed E-state index contributed by atoms with van der Waals surface area (Å²) in [6.45, 7) is 8.87. The van der Waals surface area contributed by atoms with E-state index in [4.69, 9.17) is 0 Å². The summed E-state index contributed by atoms with van der Waals surface area (Å²) in [5.74, 6) is -0.178. The summed E-state index contributed by atoms with van der Waals surface area (Å²) < 4.78 is 11.9. The highest BCUT2D eigenvalue weighted by Crippen LogP contribution is 2.34. The van der Waals surface area contributed by atoms with Gasteiger partial charge in [-0.25, -0.2) is 4.39 Å². The first kappa shape index (κ1) is 19.8. The summed E-state index contributed by atoms with van der Waals surface area (Å²) in [6, 6.07) is 15.1. The number of anilines is 1. The van der Waals surface area contributed by atoms with Crippen molar-refractivity contribution in [2.75, 3.05) is 31.1 Å². The molecule has 2 aliphatic heterocycles. The molecule has 3 nitrogen and oxygen atoms in total. The Morgan fingerprint density at radius 2 is 1.78 bits per heavy atom. The SMILES string of the molecule is CCN1CCC(N2CCc3ccc(C(C)O)cc32)CC1.Fc1ccccc1. The molecule has 0 saturated carbocycles. The Hall–Kier alpha value is -1.91. The second-order valence-corrected chi connectivity index (χ2v) is 7.47. The fourth-order valence-electron chi connectivity index (χ4n) is 4.02. The number of aliphatic hydroxyl groups excluding tert-OH is 1. The quantitative estimate of drug-likeness (QED) is 0.867. The van der Waals surface area contributed by atoms with Crippen LogP contribution in [0.1, 0.15) is 43.9 Å². The zero-order valence-corrected chi connectivity index (χ0v) is 16.4. The van der Waals surface area contributed by atoms with Gasteiger partial charge in [-0.3, -0.25) is 0 Å². The van der Waals surface area contributed by atoms with Crippen LogP contribution < -0.4 is 4.90 Å². The van der Waals surface area contributed by atoms with Crippen molar-refractivity contribution >= 4 is 5.69 Å². The van der Waals surface area contributed by atoms with Gasteiger partial charge in [-0.2, -0.15) is 0 Å². The normalized spacial score (nSPS) is 18.6. The van der Waals surface area contributed by atoms with E-state index in [0.717, 1.165) is 18.5 Å². The van der Waals surface area contributed by atoms with E-state index < -0.39 is 0 Å². The number of rotatable bonds is 3. The van der Waals surface area contributed by atoms with Gasteiger partial charge >= 0.3 is 0 Å². The molecular weight excluding hydrogens is 339 g/mol. The van der Waals surface area contributed by atoms with Gasteiger partial charge in [-0.05, 0) is 62.1 Å². The molecule has 2 heterocycles. The van der Waals surface area contributed by atoms with Gasteiger partial charge in [-0.1, -0.05) is 37.3 Å². The maximum Gasteiger partial charge on any atom is 0.123 e. The number of nitrogens with zero attached hydrogens (tertiary/aromatic N) is 2. The third-order valence-electron chi connectivity index (χ3n) is 5.70. The molecule has 1 N–H and O–H groups in total. The number of halogens is 1. The standard InChI is InChI=1S/C17H26N2O.C6H5F/c1-3-18-9-7-16(8-10-18)19-11-6-14-4-5-15(13(2)20)12-17(14)19;7-6-4-2-1-3-5-6/h4-5,12-13,16,20H,3,6-11H2,1-2H3;1-5H. The molecule has 1 unspecified atom stereocenters. The zero-order valence-electron chi connectivity index (χ0n) is 16.4. The lowest BCUT2D eigenvalue weighted by atomic mass is 10.0. The van der Waals surface area contributed by atoms with Gasteiger partial charge in [0.15, 0.2) is 0 Å². The predicted molar refractivity (Wildman–Crippen MR) is 110 cm³/mol. The highest BCUT2D eigenvalue weighted by Gasteiger charge is 2.29. The van der Waals surface area contributed by atoms with Gasteiger partial charge in [0.25, 0.3) is 0 Å². The summed E-state index contributed by atoms with van der Waals surface area (Å²) >= 11 is 0. The molecule has 4 heteroatoms. The molecule has 1 saturated heterocycles. The lowest BCUT2D eigenvalue weighted by molar-refractivity contribution is 0.199. The summed E-state index contributed by atoms with van der Waals surface area (Å²) in [5, 5.41) is 9.79. The summed E-state index contributed by atoms with van der Waals surface area (Å²) in [5.41, 5.74) is 3.87. The van der Waals surface area contributed by atoms with Gasteiger partial charge in [0, 0.05) is 31.4 Å². The average Bonchev–Trinajstić information content (AvgIpc) is 3.12. The van der Waals surface area contributed by atoms with Gasteiger partial charge in [-0.15, -0.1) is 0 Å². The second kappa shape index (κ2) is 9.34. The summed E-state index contributed by atoms with van der Waals surface area (Å²) in [6.07, 6.45) is 3.33. The van der Waals surface area contributed by atoms with Crippen LogP contribution in [0.4, 0.5) is 10.1 Å². The number of aliphatic hydroxyl groups is 1. The van der Waals surface area contributed by atoms with E-state index in [0.29, 0.717) is 6.04 Å². The maximum absolute atomic E-state index is 11.9. The van der Waals surface area contributed by atoms with Crippen molar-refractivity contribution in [1.82, 2.24) is 4.90 Å². The molecule has 0 spiro atoms. The van der Waals surface area contributed by atoms with E-state index in [2.05, 4.69) is 34.9 Å². The van der Waals surface area contributed by atoms with Crippen LogP contribution in [0.3, 0.4) is 0 Å². The highest BCUT2D eigenvalue weighted by molar-refractivity contribution is 5.60. The van der Waals surface area contributed by atoms with Crippen LogP contribution in [0.25, 0.3) is 0 Å². The molecule has 146 valence electrons. The molecule has 0 aromatic heterocycles. The largest absolute Gasteiger partial charge is 0.389 e. The number of fused-ring (bicyclic) bond motifs is 1. The number of piperidine rings is 1. The fraction of sp³-hybridized carbons (Fsp3) is 0.478. The van der Waals surface area contributed by atoms with E-state index >= 15 is 0 Å². The Morgan fingerprint density at radius 1 is 1.07 bits per heavy atom. The van der Waals surface area contributed by atoms with Crippen molar-refractivity contribution in [3.8, 4) is 0 Å². The molecule has 0 amide bonds. The topological polar surface area (TPSA) is 26.7 Å². The first-order valence-corrected chi connectivity index (χ1v) is 10.1. The molecule has 1 fully saturated rings. The Balaban J connectivity index is 0.000000253. The Kier molecular flexibility index (Phi) is 6.86.